The van der Waals surface area contributed by atoms with E-state index < -0.39 is 28.1 Å². The molecular formula is C19H22N4O5S. The van der Waals surface area contributed by atoms with E-state index >= 15 is 0 Å². The summed E-state index contributed by atoms with van der Waals surface area (Å²) in [7, 11) is -3.78. The number of aromatic nitrogens is 1. The Kier molecular flexibility index (Phi) is 6.91. The molecule has 9 nitrogen and oxygen atoms in total. The molecule has 0 saturated carbocycles. The zero-order valence-electron chi connectivity index (χ0n) is 15.7. The highest BCUT2D eigenvalue weighted by atomic mass is 32.2. The number of nitrogens with one attached hydrogen (secondary N) is 2. The number of sulfonamides is 1. The molecule has 1 aromatic carbocycles. The van der Waals surface area contributed by atoms with Gasteiger partial charge in [0.05, 0.1) is 30.3 Å². The molecule has 1 aromatic heterocycles. The second kappa shape index (κ2) is 9.59. The first kappa shape index (κ1) is 20.9. The van der Waals surface area contributed by atoms with Gasteiger partial charge in [0.25, 0.3) is 0 Å². The molecule has 2 amide bonds. The summed E-state index contributed by atoms with van der Waals surface area (Å²) in [6.07, 6.45) is 1.24. The van der Waals surface area contributed by atoms with Crippen molar-refractivity contribution < 1.29 is 22.7 Å². The molecule has 0 radical (unpaired) electrons. The van der Waals surface area contributed by atoms with E-state index in [4.69, 9.17) is 4.74 Å². The molecule has 10 heteroatoms. The summed E-state index contributed by atoms with van der Waals surface area (Å²) in [6, 6.07) is 13.3. The van der Waals surface area contributed by atoms with Crippen LogP contribution in [0.25, 0.3) is 0 Å². The first-order valence-electron chi connectivity index (χ1n) is 9.13. The Bertz CT molecular complexity index is 938. The highest BCUT2D eigenvalue weighted by Crippen LogP contribution is 2.21. The smallest absolute Gasteiger partial charge is 0.309 e. The van der Waals surface area contributed by atoms with Crippen molar-refractivity contribution in [2.24, 2.45) is 0 Å². The third-order valence-electron chi connectivity index (χ3n) is 4.30. The van der Waals surface area contributed by atoms with E-state index in [9.17, 15) is 18.0 Å². The minimum Gasteiger partial charge on any atom is -0.360 e. The lowest BCUT2D eigenvalue weighted by Crippen LogP contribution is -2.53. The first-order valence-corrected chi connectivity index (χ1v) is 10.6. The maximum absolute atomic E-state index is 12.9. The summed E-state index contributed by atoms with van der Waals surface area (Å²) in [5.74, 6) is -1.70. The molecule has 2 N–H and O–H groups in total. The predicted octanol–water partition coefficient (Wildman–Crippen LogP) is 0.251. The second-order valence-corrected chi connectivity index (χ2v) is 8.21. The van der Waals surface area contributed by atoms with Gasteiger partial charge < -0.3 is 15.4 Å². The third-order valence-corrected chi connectivity index (χ3v) is 6.21. The molecule has 0 unspecified atom stereocenters. The quantitative estimate of drug-likeness (QED) is 0.650. The molecule has 29 heavy (non-hydrogen) atoms. The average Bonchev–Trinajstić information content (AvgIpc) is 2.77. The highest BCUT2D eigenvalue weighted by molar-refractivity contribution is 7.89. The summed E-state index contributed by atoms with van der Waals surface area (Å²) >= 11 is 0. The van der Waals surface area contributed by atoms with Gasteiger partial charge in [0, 0.05) is 12.7 Å². The first-order chi connectivity index (χ1) is 14.0. The van der Waals surface area contributed by atoms with Crippen molar-refractivity contribution in [2.75, 3.05) is 19.7 Å². The van der Waals surface area contributed by atoms with Crippen LogP contribution in [0.4, 0.5) is 0 Å². The molecule has 0 bridgehead atoms. The van der Waals surface area contributed by atoms with Crippen LogP contribution in [0.1, 0.15) is 12.1 Å². The van der Waals surface area contributed by atoms with Crippen LogP contribution in [0.15, 0.2) is 59.6 Å². The van der Waals surface area contributed by atoms with E-state index in [0.29, 0.717) is 18.7 Å². The minimum absolute atomic E-state index is 0.113. The number of ether oxygens (including phenoxy) is 1. The summed E-state index contributed by atoms with van der Waals surface area (Å²) < 4.78 is 32.5. The van der Waals surface area contributed by atoms with E-state index in [1.165, 1.54) is 16.4 Å². The van der Waals surface area contributed by atoms with Crippen LogP contribution in [0.2, 0.25) is 0 Å². The van der Waals surface area contributed by atoms with Crippen LogP contribution < -0.4 is 10.6 Å². The minimum atomic E-state index is -3.78. The van der Waals surface area contributed by atoms with Crippen molar-refractivity contribution in [3.05, 3.63) is 60.4 Å². The Balaban J connectivity index is 1.57. The van der Waals surface area contributed by atoms with Gasteiger partial charge in [0.2, 0.25) is 10.0 Å². The average molecular weight is 418 g/mol. The largest absolute Gasteiger partial charge is 0.360 e. The van der Waals surface area contributed by atoms with Gasteiger partial charge in [-0.3, -0.25) is 14.6 Å². The molecule has 3 rings (SSSR count). The van der Waals surface area contributed by atoms with Crippen molar-refractivity contribution in [1.82, 2.24) is 19.9 Å². The Morgan fingerprint density at radius 2 is 1.79 bits per heavy atom. The standard InChI is InChI=1S/C19H22N4O5S/c24-18(21-13-15-7-4-5-10-20-15)19(25)22-14-17-23(11-6-12-28-17)29(26,27)16-8-2-1-3-9-16/h1-5,7-10,17H,6,11-14H2,(H,21,24)(H,22,25)/t17-/m1/s1. The Morgan fingerprint density at radius 1 is 1.07 bits per heavy atom. The molecule has 1 saturated heterocycles. The molecule has 1 aliphatic rings. The number of carbonyl (C=O) groups excluding carboxylic acids is 2. The zero-order chi connectivity index (χ0) is 20.7. The summed E-state index contributed by atoms with van der Waals surface area (Å²) in [4.78, 5) is 28.2. The number of rotatable bonds is 6. The van der Waals surface area contributed by atoms with Crippen LogP contribution in [0.5, 0.6) is 0 Å². The maximum atomic E-state index is 12.9. The number of carbonyl (C=O) groups is 2. The van der Waals surface area contributed by atoms with E-state index in [-0.39, 0.29) is 24.5 Å². The number of hydrogen-bond acceptors (Lipinski definition) is 6. The number of hydrogen-bond donors (Lipinski definition) is 2. The van der Waals surface area contributed by atoms with Crippen molar-refractivity contribution in [3.63, 3.8) is 0 Å². The van der Waals surface area contributed by atoms with Gasteiger partial charge >= 0.3 is 11.8 Å². The van der Waals surface area contributed by atoms with Crippen LogP contribution in [0.3, 0.4) is 0 Å². The lowest BCUT2D eigenvalue weighted by molar-refractivity contribution is -0.140. The van der Waals surface area contributed by atoms with Gasteiger partial charge in [0.1, 0.15) is 6.23 Å². The summed E-state index contributed by atoms with van der Waals surface area (Å²) in [5, 5.41) is 4.91. The van der Waals surface area contributed by atoms with Crippen LogP contribution in [-0.2, 0) is 30.9 Å². The number of pyridine rings is 1. The Hall–Kier alpha value is -2.82. The fourth-order valence-electron chi connectivity index (χ4n) is 2.84. The Labute approximate surface area is 169 Å². The predicted molar refractivity (Wildman–Crippen MR) is 104 cm³/mol. The number of benzene rings is 1. The van der Waals surface area contributed by atoms with Crippen molar-refractivity contribution in [2.45, 2.75) is 24.1 Å². The molecule has 1 fully saturated rings. The molecular weight excluding hydrogens is 396 g/mol. The van der Waals surface area contributed by atoms with Gasteiger partial charge in [-0.15, -0.1) is 0 Å². The van der Waals surface area contributed by atoms with Gasteiger partial charge in [0.15, 0.2) is 0 Å². The van der Waals surface area contributed by atoms with Crippen molar-refractivity contribution in [1.29, 1.82) is 0 Å². The fraction of sp³-hybridized carbons (Fsp3) is 0.316. The SMILES string of the molecule is O=C(NCc1ccccn1)C(=O)NC[C@H]1OCCCN1S(=O)(=O)c1ccccc1. The fourth-order valence-corrected chi connectivity index (χ4v) is 4.43. The van der Waals surface area contributed by atoms with Crippen LogP contribution in [-0.4, -0.2) is 55.4 Å². The van der Waals surface area contributed by atoms with Gasteiger partial charge in [-0.2, -0.15) is 4.31 Å². The van der Waals surface area contributed by atoms with Crippen molar-refractivity contribution in [3.8, 4) is 0 Å². The molecule has 154 valence electrons. The molecule has 1 atom stereocenters. The molecule has 0 spiro atoms. The van der Waals surface area contributed by atoms with Gasteiger partial charge in [-0.25, -0.2) is 8.42 Å². The lowest BCUT2D eigenvalue weighted by atomic mass is 10.3. The normalized spacial score (nSPS) is 17.4. The van der Waals surface area contributed by atoms with Gasteiger partial charge in [-0.1, -0.05) is 24.3 Å². The lowest BCUT2D eigenvalue weighted by Gasteiger charge is -2.34. The molecule has 0 aliphatic carbocycles. The van der Waals surface area contributed by atoms with Crippen molar-refractivity contribution >= 4 is 21.8 Å². The summed E-state index contributed by atoms with van der Waals surface area (Å²) in [6.45, 7) is 0.611. The third kappa shape index (κ3) is 5.37. The monoisotopic (exact) mass is 418 g/mol. The second-order valence-electron chi connectivity index (χ2n) is 6.32. The highest BCUT2D eigenvalue weighted by Gasteiger charge is 2.34. The number of amides is 2. The van der Waals surface area contributed by atoms with E-state index in [1.807, 2.05) is 0 Å². The zero-order valence-corrected chi connectivity index (χ0v) is 16.5. The number of nitrogens with zero attached hydrogens (tertiary/aromatic N) is 2. The van der Waals surface area contributed by atoms with E-state index in [0.717, 1.165) is 0 Å². The van der Waals surface area contributed by atoms with Gasteiger partial charge in [-0.05, 0) is 30.7 Å². The maximum Gasteiger partial charge on any atom is 0.309 e. The van der Waals surface area contributed by atoms with E-state index in [2.05, 4.69) is 15.6 Å². The molecule has 2 aromatic rings. The van der Waals surface area contributed by atoms with Crippen LogP contribution >= 0.6 is 0 Å². The topological polar surface area (TPSA) is 118 Å². The molecule has 1 aliphatic heterocycles. The summed E-state index contributed by atoms with van der Waals surface area (Å²) in [5.41, 5.74) is 0.615. The molecule has 2 heterocycles. The van der Waals surface area contributed by atoms with E-state index in [1.54, 1.807) is 42.6 Å². The Morgan fingerprint density at radius 3 is 2.52 bits per heavy atom. The van der Waals surface area contributed by atoms with Crippen LogP contribution in [0, 0.1) is 0 Å².